The molecule has 1 unspecified atom stereocenters. The summed E-state index contributed by atoms with van der Waals surface area (Å²) >= 11 is 1.69. The van der Waals surface area contributed by atoms with Crippen molar-refractivity contribution < 1.29 is 4.74 Å². The van der Waals surface area contributed by atoms with Crippen molar-refractivity contribution in [2.45, 2.75) is 19.4 Å². The van der Waals surface area contributed by atoms with E-state index in [1.54, 1.807) is 25.5 Å². The lowest BCUT2D eigenvalue weighted by atomic mass is 10.1. The maximum atomic E-state index is 5.35. The second-order valence-electron chi connectivity index (χ2n) is 6.24. The fourth-order valence-electron chi connectivity index (χ4n) is 2.69. The number of guanidine groups is 1. The Kier molecular flexibility index (Phi) is 7.87. The van der Waals surface area contributed by atoms with Crippen molar-refractivity contribution in [2.75, 3.05) is 41.3 Å². The first-order valence-electron chi connectivity index (χ1n) is 8.69. The lowest BCUT2D eigenvalue weighted by Crippen LogP contribution is -2.42. The van der Waals surface area contributed by atoms with Crippen LogP contribution in [-0.4, -0.2) is 57.2 Å². The molecule has 142 valence electrons. The lowest BCUT2D eigenvalue weighted by Gasteiger charge is -2.26. The zero-order chi connectivity index (χ0) is 18.9. The molecular formula is C19H29N5OS. The highest BCUT2D eigenvalue weighted by atomic mass is 32.1. The number of rotatable bonds is 8. The molecule has 7 heteroatoms. The third kappa shape index (κ3) is 6.00. The van der Waals surface area contributed by atoms with E-state index in [2.05, 4.69) is 57.1 Å². The van der Waals surface area contributed by atoms with Gasteiger partial charge in [-0.1, -0.05) is 12.1 Å². The van der Waals surface area contributed by atoms with Gasteiger partial charge in [-0.3, -0.25) is 4.99 Å². The number of aliphatic imine (C=N–C) groups is 1. The summed E-state index contributed by atoms with van der Waals surface area (Å²) in [6.45, 7) is 3.58. The zero-order valence-electron chi connectivity index (χ0n) is 16.2. The Morgan fingerprint density at radius 1 is 1.35 bits per heavy atom. The van der Waals surface area contributed by atoms with Crippen LogP contribution in [0.3, 0.4) is 0 Å². The Hall–Kier alpha value is -2.12. The van der Waals surface area contributed by atoms with Gasteiger partial charge in [-0.05, 0) is 38.7 Å². The summed E-state index contributed by atoms with van der Waals surface area (Å²) in [5, 5.41) is 9.99. The van der Waals surface area contributed by atoms with Crippen LogP contribution in [0.5, 0.6) is 5.75 Å². The molecule has 0 spiro atoms. The standard InChI is InChI=1S/C19H29N5OS/c1-14-23-16(13-26-14)9-10-21-19(20-2)22-12-18(24(3)4)15-7-6-8-17(11-15)25-5/h6-8,11,13,18H,9-10,12H2,1-5H3,(H2,20,21,22). The second-order valence-corrected chi connectivity index (χ2v) is 7.31. The molecule has 2 N–H and O–H groups in total. The molecule has 0 saturated heterocycles. The molecule has 0 aliphatic heterocycles. The van der Waals surface area contributed by atoms with Gasteiger partial charge in [-0.15, -0.1) is 11.3 Å². The molecule has 2 rings (SSSR count). The van der Waals surface area contributed by atoms with Crippen LogP contribution in [-0.2, 0) is 6.42 Å². The highest BCUT2D eigenvalue weighted by Gasteiger charge is 2.15. The van der Waals surface area contributed by atoms with Crippen LogP contribution in [0.1, 0.15) is 22.3 Å². The summed E-state index contributed by atoms with van der Waals surface area (Å²) < 4.78 is 5.35. The van der Waals surface area contributed by atoms with Crippen LogP contribution in [0.25, 0.3) is 0 Å². The molecule has 1 heterocycles. The van der Waals surface area contributed by atoms with Crippen LogP contribution in [0.15, 0.2) is 34.6 Å². The Balaban J connectivity index is 1.89. The summed E-state index contributed by atoms with van der Waals surface area (Å²) in [6.07, 6.45) is 0.887. The highest BCUT2D eigenvalue weighted by molar-refractivity contribution is 7.09. The maximum Gasteiger partial charge on any atom is 0.191 e. The predicted molar refractivity (Wildman–Crippen MR) is 109 cm³/mol. The Morgan fingerprint density at radius 2 is 2.15 bits per heavy atom. The number of nitrogens with one attached hydrogen (secondary N) is 2. The van der Waals surface area contributed by atoms with Crippen molar-refractivity contribution >= 4 is 17.3 Å². The van der Waals surface area contributed by atoms with Gasteiger partial charge < -0.3 is 20.3 Å². The zero-order valence-corrected chi connectivity index (χ0v) is 17.1. The molecule has 0 fully saturated rings. The van der Waals surface area contributed by atoms with Gasteiger partial charge in [0.25, 0.3) is 0 Å². The molecule has 0 radical (unpaired) electrons. The number of methoxy groups -OCH3 is 1. The SMILES string of the molecule is CN=C(NCCc1csc(C)n1)NCC(c1cccc(OC)c1)N(C)C. The van der Waals surface area contributed by atoms with Crippen LogP contribution >= 0.6 is 11.3 Å². The van der Waals surface area contributed by atoms with Crippen molar-refractivity contribution in [2.24, 2.45) is 4.99 Å². The van der Waals surface area contributed by atoms with Crippen molar-refractivity contribution in [3.8, 4) is 5.75 Å². The van der Waals surface area contributed by atoms with Gasteiger partial charge in [0.15, 0.2) is 5.96 Å². The van der Waals surface area contributed by atoms with E-state index in [4.69, 9.17) is 4.74 Å². The largest absolute Gasteiger partial charge is 0.497 e. The molecule has 0 aliphatic rings. The van der Waals surface area contributed by atoms with Gasteiger partial charge in [-0.2, -0.15) is 0 Å². The normalized spacial score (nSPS) is 12.9. The Labute approximate surface area is 160 Å². The predicted octanol–water partition coefficient (Wildman–Crippen LogP) is 2.47. The van der Waals surface area contributed by atoms with E-state index >= 15 is 0 Å². The number of aryl methyl sites for hydroxylation is 1. The summed E-state index contributed by atoms with van der Waals surface area (Å²) in [4.78, 5) is 11.0. The van der Waals surface area contributed by atoms with E-state index in [9.17, 15) is 0 Å². The van der Waals surface area contributed by atoms with E-state index in [0.29, 0.717) is 0 Å². The summed E-state index contributed by atoms with van der Waals surface area (Å²) in [6, 6.07) is 8.39. The monoisotopic (exact) mass is 375 g/mol. The summed E-state index contributed by atoms with van der Waals surface area (Å²) in [7, 11) is 7.63. The van der Waals surface area contributed by atoms with Crippen LogP contribution in [0.4, 0.5) is 0 Å². The Bertz CT molecular complexity index is 713. The molecule has 1 aromatic carbocycles. The second kappa shape index (κ2) is 10.1. The molecule has 6 nitrogen and oxygen atoms in total. The first-order chi connectivity index (χ1) is 12.5. The van der Waals surface area contributed by atoms with Gasteiger partial charge in [-0.25, -0.2) is 4.98 Å². The maximum absolute atomic E-state index is 5.35. The number of likely N-dealkylation sites (N-methyl/N-ethyl adjacent to an activating group) is 1. The number of aromatic nitrogens is 1. The smallest absolute Gasteiger partial charge is 0.191 e. The topological polar surface area (TPSA) is 61.8 Å². The summed E-state index contributed by atoms with van der Waals surface area (Å²) in [5.41, 5.74) is 2.33. The average molecular weight is 376 g/mol. The van der Waals surface area contributed by atoms with Gasteiger partial charge in [0.2, 0.25) is 0 Å². The van der Waals surface area contributed by atoms with Gasteiger partial charge in [0, 0.05) is 31.9 Å². The average Bonchev–Trinajstić information content (AvgIpc) is 3.05. The van der Waals surface area contributed by atoms with Gasteiger partial charge in [0.05, 0.1) is 23.9 Å². The molecule has 0 aliphatic carbocycles. The van der Waals surface area contributed by atoms with Crippen molar-refractivity contribution in [3.05, 3.63) is 45.9 Å². The third-order valence-electron chi connectivity index (χ3n) is 4.13. The number of hydrogen-bond donors (Lipinski definition) is 2. The molecule has 0 saturated carbocycles. The minimum absolute atomic E-state index is 0.213. The van der Waals surface area contributed by atoms with Gasteiger partial charge >= 0.3 is 0 Å². The number of nitrogens with zero attached hydrogens (tertiary/aromatic N) is 3. The highest BCUT2D eigenvalue weighted by Crippen LogP contribution is 2.22. The number of hydrogen-bond acceptors (Lipinski definition) is 5. The fraction of sp³-hybridized carbons (Fsp3) is 0.474. The summed E-state index contributed by atoms with van der Waals surface area (Å²) in [5.74, 6) is 1.67. The van der Waals surface area contributed by atoms with Crippen molar-refractivity contribution in [1.29, 1.82) is 0 Å². The first kappa shape index (κ1) is 20.2. The third-order valence-corrected chi connectivity index (χ3v) is 4.95. The van der Waals surface area contributed by atoms with Crippen LogP contribution in [0.2, 0.25) is 0 Å². The quantitative estimate of drug-likeness (QED) is 0.548. The first-order valence-corrected chi connectivity index (χ1v) is 9.57. The van der Waals surface area contributed by atoms with E-state index in [1.807, 2.05) is 19.1 Å². The minimum Gasteiger partial charge on any atom is -0.497 e. The molecular weight excluding hydrogens is 346 g/mol. The van der Waals surface area contributed by atoms with Crippen molar-refractivity contribution in [3.63, 3.8) is 0 Å². The van der Waals surface area contributed by atoms with Crippen LogP contribution in [0, 0.1) is 6.92 Å². The van der Waals surface area contributed by atoms with Crippen LogP contribution < -0.4 is 15.4 Å². The Morgan fingerprint density at radius 3 is 2.77 bits per heavy atom. The molecule has 0 amide bonds. The molecule has 1 aromatic heterocycles. The van der Waals surface area contributed by atoms with Crippen molar-refractivity contribution in [1.82, 2.24) is 20.5 Å². The molecule has 1 atom stereocenters. The van der Waals surface area contributed by atoms with E-state index in [-0.39, 0.29) is 6.04 Å². The minimum atomic E-state index is 0.213. The number of thiazole rings is 1. The number of ether oxygens (including phenoxy) is 1. The molecule has 2 aromatic rings. The van der Waals surface area contributed by atoms with E-state index in [1.165, 1.54) is 5.56 Å². The van der Waals surface area contributed by atoms with E-state index < -0.39 is 0 Å². The molecule has 0 bridgehead atoms. The fourth-order valence-corrected chi connectivity index (χ4v) is 3.34. The molecule has 26 heavy (non-hydrogen) atoms. The lowest BCUT2D eigenvalue weighted by molar-refractivity contribution is 0.297. The number of benzene rings is 1. The van der Waals surface area contributed by atoms with E-state index in [0.717, 1.165) is 41.9 Å². The van der Waals surface area contributed by atoms with Gasteiger partial charge in [0.1, 0.15) is 5.75 Å².